The maximum Gasteiger partial charge on any atom is 0.232 e. The Morgan fingerprint density at radius 1 is 1.05 bits per heavy atom. The molecule has 0 atom stereocenters. The van der Waals surface area contributed by atoms with E-state index in [2.05, 4.69) is 20.1 Å². The van der Waals surface area contributed by atoms with E-state index in [1.54, 1.807) is 32.0 Å². The highest BCUT2D eigenvalue weighted by molar-refractivity contribution is 7.92. The number of amides is 1. The lowest BCUT2D eigenvalue weighted by molar-refractivity contribution is -0.116. The van der Waals surface area contributed by atoms with Gasteiger partial charge < -0.3 is 19.5 Å². The van der Waals surface area contributed by atoms with E-state index >= 15 is 0 Å². The van der Waals surface area contributed by atoms with E-state index in [-0.39, 0.29) is 11.7 Å². The number of carbonyl (C=O) groups excluding carboxylic acids is 1. The number of aryl methyl sites for hydroxylation is 3. The molecular formula is C28H36N4O5S. The van der Waals surface area contributed by atoms with Crippen molar-refractivity contribution in [2.75, 3.05) is 35.4 Å². The Balaban J connectivity index is 1.55. The van der Waals surface area contributed by atoms with Crippen LogP contribution in [-0.4, -0.2) is 49.8 Å². The Bertz CT molecular complexity index is 1370. The fraction of sp³-hybridized carbons (Fsp3) is 0.429. The summed E-state index contributed by atoms with van der Waals surface area (Å²) >= 11 is 0. The number of carbonyl (C=O) groups is 1. The van der Waals surface area contributed by atoms with Crippen molar-refractivity contribution >= 4 is 27.3 Å². The quantitative estimate of drug-likeness (QED) is 0.342. The lowest BCUT2D eigenvalue weighted by Crippen LogP contribution is -2.32. The molecule has 1 aliphatic rings. The summed E-state index contributed by atoms with van der Waals surface area (Å²) in [7, 11) is -3.50. The topological polar surface area (TPSA) is 114 Å². The van der Waals surface area contributed by atoms with Gasteiger partial charge in [0.25, 0.3) is 0 Å². The van der Waals surface area contributed by atoms with Crippen molar-refractivity contribution in [3.05, 3.63) is 53.4 Å². The molecule has 0 aliphatic carbocycles. The molecule has 0 unspecified atom stereocenters. The van der Waals surface area contributed by atoms with Crippen LogP contribution < -0.4 is 14.8 Å². The highest BCUT2D eigenvalue weighted by Crippen LogP contribution is 2.35. The average molecular weight is 541 g/mol. The van der Waals surface area contributed by atoms with Gasteiger partial charge in [0.05, 0.1) is 17.1 Å². The van der Waals surface area contributed by atoms with Crippen LogP contribution in [0, 0.1) is 20.8 Å². The van der Waals surface area contributed by atoms with Crippen molar-refractivity contribution in [1.82, 2.24) is 10.1 Å². The number of benzene rings is 2. The van der Waals surface area contributed by atoms with Crippen LogP contribution in [0.1, 0.15) is 49.6 Å². The second-order valence-corrected chi connectivity index (χ2v) is 11.7. The highest BCUT2D eigenvalue weighted by Gasteiger charge is 2.17. The van der Waals surface area contributed by atoms with Crippen molar-refractivity contribution in [1.29, 1.82) is 0 Å². The summed E-state index contributed by atoms with van der Waals surface area (Å²) in [6.45, 7) is 10.0. The zero-order chi connectivity index (χ0) is 27.3. The summed E-state index contributed by atoms with van der Waals surface area (Å²) in [5, 5.41) is 7.04. The minimum absolute atomic E-state index is 0.0347. The Labute approximate surface area is 224 Å². The van der Waals surface area contributed by atoms with Gasteiger partial charge in [0, 0.05) is 36.3 Å². The SMILES string of the molecule is CCS(=O)(=O)Nc1cc(Oc2ccc(C)c(NC(=O)CCN3CCCCC3)c2)cc(-c2c(C)noc2C)c1. The first-order valence-corrected chi connectivity index (χ1v) is 14.7. The van der Waals surface area contributed by atoms with Gasteiger partial charge >= 0.3 is 0 Å². The van der Waals surface area contributed by atoms with Gasteiger partial charge in [-0.2, -0.15) is 0 Å². The Hall–Kier alpha value is -3.37. The zero-order valence-corrected chi connectivity index (χ0v) is 23.3. The number of rotatable bonds is 10. The van der Waals surface area contributed by atoms with Crippen LogP contribution in [0.3, 0.4) is 0 Å². The molecule has 204 valence electrons. The third-order valence-electron chi connectivity index (χ3n) is 6.70. The monoisotopic (exact) mass is 540 g/mol. The second kappa shape index (κ2) is 12.0. The normalized spacial score (nSPS) is 14.3. The molecule has 9 nitrogen and oxygen atoms in total. The molecule has 38 heavy (non-hydrogen) atoms. The van der Waals surface area contributed by atoms with Gasteiger partial charge in [0.1, 0.15) is 17.3 Å². The molecule has 0 saturated carbocycles. The van der Waals surface area contributed by atoms with E-state index in [0.717, 1.165) is 30.8 Å². The van der Waals surface area contributed by atoms with E-state index in [1.165, 1.54) is 19.3 Å². The van der Waals surface area contributed by atoms with E-state index in [9.17, 15) is 13.2 Å². The van der Waals surface area contributed by atoms with Crippen LogP contribution in [0.5, 0.6) is 11.5 Å². The minimum atomic E-state index is -3.50. The van der Waals surface area contributed by atoms with E-state index in [0.29, 0.717) is 46.3 Å². The molecule has 10 heteroatoms. The van der Waals surface area contributed by atoms with Gasteiger partial charge in [-0.3, -0.25) is 9.52 Å². The summed E-state index contributed by atoms with van der Waals surface area (Å²) in [6.07, 6.45) is 4.09. The third kappa shape index (κ3) is 7.14. The maximum absolute atomic E-state index is 12.7. The van der Waals surface area contributed by atoms with Crippen molar-refractivity contribution < 1.29 is 22.5 Å². The number of nitrogens with one attached hydrogen (secondary N) is 2. The largest absolute Gasteiger partial charge is 0.457 e. The lowest BCUT2D eigenvalue weighted by atomic mass is 10.0. The lowest BCUT2D eigenvalue weighted by Gasteiger charge is -2.26. The van der Waals surface area contributed by atoms with Crippen LogP contribution in [0.25, 0.3) is 11.1 Å². The first-order valence-electron chi connectivity index (χ1n) is 13.0. The van der Waals surface area contributed by atoms with Crippen LogP contribution in [-0.2, 0) is 14.8 Å². The molecule has 1 aromatic heterocycles. The first-order chi connectivity index (χ1) is 18.1. The van der Waals surface area contributed by atoms with Crippen molar-refractivity contribution in [3.63, 3.8) is 0 Å². The fourth-order valence-electron chi connectivity index (χ4n) is 4.60. The number of aromatic nitrogens is 1. The number of piperidine rings is 1. The summed E-state index contributed by atoms with van der Waals surface area (Å²) in [4.78, 5) is 15.0. The Kier molecular flexibility index (Phi) is 8.73. The molecule has 3 aromatic rings. The van der Waals surface area contributed by atoms with Gasteiger partial charge in [-0.1, -0.05) is 17.6 Å². The number of ether oxygens (including phenoxy) is 1. The molecule has 0 spiro atoms. The fourth-order valence-corrected chi connectivity index (χ4v) is 5.22. The zero-order valence-electron chi connectivity index (χ0n) is 22.5. The number of hydrogen-bond acceptors (Lipinski definition) is 7. The molecule has 1 saturated heterocycles. The highest BCUT2D eigenvalue weighted by atomic mass is 32.2. The number of hydrogen-bond donors (Lipinski definition) is 2. The first kappa shape index (κ1) is 27.7. The van der Waals surface area contributed by atoms with Crippen LogP contribution >= 0.6 is 0 Å². The van der Waals surface area contributed by atoms with Gasteiger partial charge in [-0.25, -0.2) is 8.42 Å². The molecule has 1 aliphatic heterocycles. The summed E-state index contributed by atoms with van der Waals surface area (Å²) in [5.41, 5.74) is 4.15. The second-order valence-electron chi connectivity index (χ2n) is 9.73. The average Bonchev–Trinajstić information content (AvgIpc) is 3.22. The molecule has 2 aromatic carbocycles. The van der Waals surface area contributed by atoms with Gasteiger partial charge in [-0.15, -0.1) is 0 Å². The predicted molar refractivity (Wildman–Crippen MR) is 149 cm³/mol. The van der Waals surface area contributed by atoms with Crippen molar-refractivity contribution in [3.8, 4) is 22.6 Å². The standard InChI is InChI=1S/C28H36N4O5S/c1-5-38(34,35)31-23-15-22(28-20(3)30-37-21(28)4)16-25(17-23)36-24-10-9-19(2)26(18-24)29-27(33)11-14-32-12-7-6-8-13-32/h9-10,15-18,31H,5-8,11-14H2,1-4H3,(H,29,33). The molecule has 0 radical (unpaired) electrons. The molecule has 0 bridgehead atoms. The van der Waals surface area contributed by atoms with Crippen LogP contribution in [0.4, 0.5) is 11.4 Å². The Morgan fingerprint density at radius 2 is 1.82 bits per heavy atom. The van der Waals surface area contributed by atoms with Crippen molar-refractivity contribution in [2.24, 2.45) is 0 Å². The van der Waals surface area contributed by atoms with Gasteiger partial charge in [0.2, 0.25) is 15.9 Å². The molecule has 4 rings (SSSR count). The van der Waals surface area contributed by atoms with E-state index < -0.39 is 10.0 Å². The number of anilines is 2. The molecule has 2 heterocycles. The predicted octanol–water partition coefficient (Wildman–Crippen LogP) is 5.64. The molecular weight excluding hydrogens is 504 g/mol. The van der Waals surface area contributed by atoms with Crippen molar-refractivity contribution in [2.45, 2.75) is 53.4 Å². The molecule has 1 fully saturated rings. The summed E-state index contributed by atoms with van der Waals surface area (Å²) < 4.78 is 38.7. The number of nitrogens with zero attached hydrogens (tertiary/aromatic N) is 2. The number of sulfonamides is 1. The van der Waals surface area contributed by atoms with Gasteiger partial charge in [-0.05, 0) is 83.0 Å². The van der Waals surface area contributed by atoms with E-state index in [1.807, 2.05) is 32.0 Å². The van der Waals surface area contributed by atoms with Crippen LogP contribution in [0.2, 0.25) is 0 Å². The Morgan fingerprint density at radius 3 is 2.50 bits per heavy atom. The molecule has 2 N–H and O–H groups in total. The van der Waals surface area contributed by atoms with E-state index in [4.69, 9.17) is 9.26 Å². The van der Waals surface area contributed by atoms with Gasteiger partial charge in [0.15, 0.2) is 0 Å². The third-order valence-corrected chi connectivity index (χ3v) is 8.01. The summed E-state index contributed by atoms with van der Waals surface area (Å²) in [6, 6.07) is 10.7. The minimum Gasteiger partial charge on any atom is -0.457 e. The maximum atomic E-state index is 12.7. The van der Waals surface area contributed by atoms with Crippen LogP contribution in [0.15, 0.2) is 40.9 Å². The smallest absolute Gasteiger partial charge is 0.232 e. The summed E-state index contributed by atoms with van der Waals surface area (Å²) in [5.74, 6) is 1.48. The molecule has 1 amide bonds. The number of likely N-dealkylation sites (tertiary alicyclic amines) is 1.